The molecule has 1 aromatic heterocycles. The maximum atomic E-state index is 5.51. The van der Waals surface area contributed by atoms with Crippen molar-refractivity contribution in [1.82, 2.24) is 15.5 Å². The van der Waals surface area contributed by atoms with Gasteiger partial charge in [0.2, 0.25) is 5.89 Å². The summed E-state index contributed by atoms with van der Waals surface area (Å²) in [5.41, 5.74) is 2.85. The lowest BCUT2D eigenvalue weighted by atomic mass is 10.0. The number of hydrogen-bond donors (Lipinski definition) is 1. The van der Waals surface area contributed by atoms with Gasteiger partial charge in [0.1, 0.15) is 0 Å². The monoisotopic (exact) mass is 269 g/mol. The summed E-state index contributed by atoms with van der Waals surface area (Å²) in [4.78, 5) is 4.67. The van der Waals surface area contributed by atoms with E-state index in [9.17, 15) is 0 Å². The Morgan fingerprint density at radius 3 is 2.60 bits per heavy atom. The summed E-state index contributed by atoms with van der Waals surface area (Å²) < 4.78 is 5.51. The van der Waals surface area contributed by atoms with E-state index in [-0.39, 0.29) is 6.04 Å². The van der Waals surface area contributed by atoms with Crippen LogP contribution in [0.1, 0.15) is 48.1 Å². The first-order valence-corrected chi connectivity index (χ1v) is 7.45. The fourth-order valence-corrected chi connectivity index (χ4v) is 3.45. The Bertz CT molecular complexity index is 597. The summed E-state index contributed by atoms with van der Waals surface area (Å²) in [6.45, 7) is 3.28. The number of rotatable bonds is 2. The van der Waals surface area contributed by atoms with Crippen LogP contribution in [0.25, 0.3) is 0 Å². The zero-order valence-corrected chi connectivity index (χ0v) is 11.7. The second-order valence-electron chi connectivity index (χ2n) is 6.06. The smallest absolute Gasteiger partial charge is 0.244 e. The number of aromatic nitrogens is 2. The van der Waals surface area contributed by atoms with Gasteiger partial charge in [-0.15, -0.1) is 0 Å². The van der Waals surface area contributed by atoms with Crippen LogP contribution in [0.2, 0.25) is 0 Å². The van der Waals surface area contributed by atoms with Crippen molar-refractivity contribution >= 4 is 0 Å². The number of hydrogen-bond acceptors (Lipinski definition) is 4. The van der Waals surface area contributed by atoms with Crippen LogP contribution in [-0.4, -0.2) is 16.7 Å². The van der Waals surface area contributed by atoms with Crippen LogP contribution < -0.4 is 5.32 Å². The van der Waals surface area contributed by atoms with Crippen molar-refractivity contribution < 1.29 is 4.52 Å². The standard InChI is InChI=1S/C16H19N3O/c1-10-6-7-17-14(10)16-18-15(19-20-16)13-8-11-4-2-3-5-12(11)9-13/h2-5,10,13-14,17H,6-9H2,1H3. The topological polar surface area (TPSA) is 51.0 Å². The normalized spacial score (nSPS) is 26.1. The minimum absolute atomic E-state index is 0.236. The Hall–Kier alpha value is -1.68. The van der Waals surface area contributed by atoms with Crippen molar-refractivity contribution in [2.75, 3.05) is 6.54 Å². The molecular weight excluding hydrogens is 250 g/mol. The van der Waals surface area contributed by atoms with Gasteiger partial charge >= 0.3 is 0 Å². The summed E-state index contributed by atoms with van der Waals surface area (Å²) in [6.07, 6.45) is 3.24. The van der Waals surface area contributed by atoms with Crippen LogP contribution in [0, 0.1) is 5.92 Å². The minimum atomic E-state index is 0.236. The molecule has 0 spiro atoms. The number of benzene rings is 1. The first-order valence-electron chi connectivity index (χ1n) is 7.45. The molecule has 2 atom stereocenters. The van der Waals surface area contributed by atoms with Gasteiger partial charge in [-0.25, -0.2) is 0 Å². The van der Waals surface area contributed by atoms with Crippen LogP contribution in [0.15, 0.2) is 28.8 Å². The molecule has 4 rings (SSSR count). The lowest BCUT2D eigenvalue weighted by molar-refractivity contribution is 0.315. The van der Waals surface area contributed by atoms with E-state index in [0.29, 0.717) is 11.8 Å². The molecule has 1 N–H and O–H groups in total. The van der Waals surface area contributed by atoms with Crippen molar-refractivity contribution in [3.63, 3.8) is 0 Å². The van der Waals surface area contributed by atoms with Crippen molar-refractivity contribution in [3.05, 3.63) is 47.1 Å². The maximum absolute atomic E-state index is 5.51. The molecule has 1 aliphatic heterocycles. The molecule has 0 amide bonds. The molecule has 2 aromatic rings. The van der Waals surface area contributed by atoms with Gasteiger partial charge in [-0.3, -0.25) is 0 Å². The molecule has 20 heavy (non-hydrogen) atoms. The molecule has 1 fully saturated rings. The Morgan fingerprint density at radius 1 is 1.20 bits per heavy atom. The van der Waals surface area contributed by atoms with Crippen molar-refractivity contribution in [2.24, 2.45) is 5.92 Å². The zero-order chi connectivity index (χ0) is 13.5. The van der Waals surface area contributed by atoms with Crippen LogP contribution in [0.4, 0.5) is 0 Å². The van der Waals surface area contributed by atoms with E-state index in [1.807, 2.05) is 0 Å². The highest BCUT2D eigenvalue weighted by Crippen LogP contribution is 2.34. The van der Waals surface area contributed by atoms with E-state index in [1.54, 1.807) is 0 Å². The molecule has 0 saturated carbocycles. The third-order valence-corrected chi connectivity index (χ3v) is 4.67. The van der Waals surface area contributed by atoms with E-state index in [4.69, 9.17) is 4.52 Å². The lowest BCUT2D eigenvalue weighted by Crippen LogP contribution is -2.17. The van der Waals surface area contributed by atoms with E-state index < -0.39 is 0 Å². The highest BCUT2D eigenvalue weighted by molar-refractivity contribution is 5.34. The third-order valence-electron chi connectivity index (χ3n) is 4.67. The summed E-state index contributed by atoms with van der Waals surface area (Å²) in [5.74, 6) is 2.59. The molecule has 0 radical (unpaired) electrons. The predicted molar refractivity (Wildman–Crippen MR) is 75.4 cm³/mol. The summed E-state index contributed by atoms with van der Waals surface area (Å²) >= 11 is 0. The predicted octanol–water partition coefficient (Wildman–Crippen LogP) is 2.62. The average molecular weight is 269 g/mol. The largest absolute Gasteiger partial charge is 0.338 e. The van der Waals surface area contributed by atoms with Crippen molar-refractivity contribution in [2.45, 2.75) is 38.1 Å². The Labute approximate surface area is 118 Å². The van der Waals surface area contributed by atoms with E-state index in [0.717, 1.165) is 31.1 Å². The highest BCUT2D eigenvalue weighted by atomic mass is 16.5. The molecule has 4 heteroatoms. The van der Waals surface area contributed by atoms with Gasteiger partial charge < -0.3 is 9.84 Å². The third kappa shape index (κ3) is 1.95. The number of nitrogens with zero attached hydrogens (tertiary/aromatic N) is 2. The molecule has 4 nitrogen and oxygen atoms in total. The lowest BCUT2D eigenvalue weighted by Gasteiger charge is -2.09. The maximum Gasteiger partial charge on any atom is 0.244 e. The molecule has 0 bridgehead atoms. The molecule has 1 saturated heterocycles. The molecule has 1 aliphatic carbocycles. The second-order valence-corrected chi connectivity index (χ2v) is 6.06. The second kappa shape index (κ2) is 4.70. The minimum Gasteiger partial charge on any atom is -0.338 e. The number of fused-ring (bicyclic) bond motifs is 1. The SMILES string of the molecule is CC1CCNC1c1nc(C2Cc3ccccc3C2)no1. The molecule has 2 unspecified atom stereocenters. The van der Waals surface area contributed by atoms with Crippen LogP contribution in [-0.2, 0) is 12.8 Å². The average Bonchev–Trinajstić information content (AvgIpc) is 3.15. The molecule has 1 aromatic carbocycles. The summed E-state index contributed by atoms with van der Waals surface area (Å²) in [5, 5.41) is 7.68. The van der Waals surface area contributed by atoms with Gasteiger partial charge in [0.25, 0.3) is 0 Å². The Kier molecular flexibility index (Phi) is 2.84. The van der Waals surface area contributed by atoms with Crippen LogP contribution in [0.5, 0.6) is 0 Å². The Morgan fingerprint density at radius 2 is 1.95 bits per heavy atom. The van der Waals surface area contributed by atoms with Crippen LogP contribution in [0.3, 0.4) is 0 Å². The van der Waals surface area contributed by atoms with E-state index >= 15 is 0 Å². The fourth-order valence-electron chi connectivity index (χ4n) is 3.45. The molecule has 2 aliphatic rings. The summed E-state index contributed by atoms with van der Waals surface area (Å²) in [6, 6.07) is 8.86. The van der Waals surface area contributed by atoms with Gasteiger partial charge in [-0.2, -0.15) is 4.98 Å². The van der Waals surface area contributed by atoms with Gasteiger partial charge in [0, 0.05) is 5.92 Å². The van der Waals surface area contributed by atoms with E-state index in [1.165, 1.54) is 17.5 Å². The van der Waals surface area contributed by atoms with Gasteiger partial charge in [-0.1, -0.05) is 36.3 Å². The van der Waals surface area contributed by atoms with Crippen molar-refractivity contribution in [3.8, 4) is 0 Å². The van der Waals surface area contributed by atoms with Crippen LogP contribution >= 0.6 is 0 Å². The fraction of sp³-hybridized carbons (Fsp3) is 0.500. The molecule has 104 valence electrons. The first kappa shape index (κ1) is 12.1. The van der Waals surface area contributed by atoms with Gasteiger partial charge in [-0.05, 0) is 42.9 Å². The zero-order valence-electron chi connectivity index (χ0n) is 11.7. The quantitative estimate of drug-likeness (QED) is 0.910. The summed E-state index contributed by atoms with van der Waals surface area (Å²) in [7, 11) is 0. The van der Waals surface area contributed by atoms with Crippen molar-refractivity contribution in [1.29, 1.82) is 0 Å². The Balaban J connectivity index is 1.55. The van der Waals surface area contributed by atoms with Gasteiger partial charge in [0.15, 0.2) is 5.82 Å². The van der Waals surface area contributed by atoms with Gasteiger partial charge in [0.05, 0.1) is 6.04 Å². The van der Waals surface area contributed by atoms with E-state index in [2.05, 4.69) is 46.6 Å². The first-order chi connectivity index (χ1) is 9.81. The molecule has 2 heterocycles. The molecular formula is C16H19N3O. The number of nitrogens with one attached hydrogen (secondary N) is 1. The highest BCUT2D eigenvalue weighted by Gasteiger charge is 2.32.